The van der Waals surface area contributed by atoms with E-state index in [0.717, 1.165) is 31.2 Å². The first-order chi connectivity index (χ1) is 14.4. The molecule has 0 saturated carbocycles. The van der Waals surface area contributed by atoms with Gasteiger partial charge in [0.25, 0.3) is 15.9 Å². The predicted molar refractivity (Wildman–Crippen MR) is 117 cm³/mol. The number of methoxy groups -OCH3 is 1. The highest BCUT2D eigenvalue weighted by Gasteiger charge is 2.36. The third-order valence-corrected chi connectivity index (χ3v) is 7.92. The molecule has 0 aliphatic carbocycles. The molecule has 0 radical (unpaired) electrons. The van der Waals surface area contributed by atoms with Gasteiger partial charge in [0.1, 0.15) is 5.75 Å². The zero-order valence-electron chi connectivity index (χ0n) is 17.5. The number of sulfonamides is 1. The van der Waals surface area contributed by atoms with Crippen molar-refractivity contribution < 1.29 is 17.9 Å². The van der Waals surface area contributed by atoms with Crippen LogP contribution in [-0.2, 0) is 16.4 Å². The van der Waals surface area contributed by atoms with Crippen LogP contribution in [0.3, 0.4) is 0 Å². The van der Waals surface area contributed by atoms with Crippen molar-refractivity contribution in [2.75, 3.05) is 24.5 Å². The monoisotopic (exact) mass is 428 g/mol. The second-order valence-electron chi connectivity index (χ2n) is 8.05. The van der Waals surface area contributed by atoms with Crippen molar-refractivity contribution in [3.8, 4) is 5.75 Å². The van der Waals surface area contributed by atoms with E-state index < -0.39 is 10.0 Å². The third kappa shape index (κ3) is 3.67. The molecule has 0 bridgehead atoms. The van der Waals surface area contributed by atoms with Crippen LogP contribution in [0.2, 0.25) is 0 Å². The van der Waals surface area contributed by atoms with E-state index >= 15 is 0 Å². The van der Waals surface area contributed by atoms with Crippen molar-refractivity contribution in [1.29, 1.82) is 0 Å². The van der Waals surface area contributed by atoms with Gasteiger partial charge in [-0.05, 0) is 56.0 Å². The van der Waals surface area contributed by atoms with Gasteiger partial charge in [-0.1, -0.05) is 31.0 Å². The second kappa shape index (κ2) is 8.30. The molecular weight excluding hydrogens is 400 g/mol. The Morgan fingerprint density at radius 2 is 1.73 bits per heavy atom. The summed E-state index contributed by atoms with van der Waals surface area (Å²) in [5.74, 6) is 0.235. The minimum Gasteiger partial charge on any atom is -0.496 e. The number of hydrogen-bond donors (Lipinski definition) is 0. The van der Waals surface area contributed by atoms with E-state index in [1.165, 1.54) is 23.5 Å². The first kappa shape index (κ1) is 20.7. The van der Waals surface area contributed by atoms with Gasteiger partial charge < -0.3 is 9.64 Å². The molecule has 1 atom stereocenters. The molecule has 30 heavy (non-hydrogen) atoms. The number of nitrogens with zero attached hydrogens (tertiary/aromatic N) is 2. The molecule has 4 rings (SSSR count). The fraction of sp³-hybridized carbons (Fsp3) is 0.435. The van der Waals surface area contributed by atoms with Gasteiger partial charge in [-0.2, -0.15) is 0 Å². The van der Waals surface area contributed by atoms with Gasteiger partial charge in [0.05, 0.1) is 23.3 Å². The van der Waals surface area contributed by atoms with Gasteiger partial charge in [0.15, 0.2) is 0 Å². The quantitative estimate of drug-likeness (QED) is 0.742. The summed E-state index contributed by atoms with van der Waals surface area (Å²) in [4.78, 5) is 15.2. The molecule has 1 amide bonds. The minimum absolute atomic E-state index is 0.116. The van der Waals surface area contributed by atoms with Crippen molar-refractivity contribution >= 4 is 21.6 Å². The smallest absolute Gasteiger partial charge is 0.264 e. The minimum atomic E-state index is -3.81. The summed E-state index contributed by atoms with van der Waals surface area (Å²) in [6.45, 7) is 3.29. The molecule has 7 heteroatoms. The lowest BCUT2D eigenvalue weighted by Crippen LogP contribution is -2.36. The molecule has 1 saturated heterocycles. The Hall–Kier alpha value is -2.54. The molecule has 160 valence electrons. The normalized spacial score (nSPS) is 19.3. The van der Waals surface area contributed by atoms with Gasteiger partial charge in [0, 0.05) is 19.1 Å². The Morgan fingerprint density at radius 1 is 1.03 bits per heavy atom. The summed E-state index contributed by atoms with van der Waals surface area (Å²) in [5, 5.41) is 0. The fourth-order valence-electron chi connectivity index (χ4n) is 4.48. The lowest BCUT2D eigenvalue weighted by Gasteiger charge is -2.26. The Labute approximate surface area is 178 Å². The maximum Gasteiger partial charge on any atom is 0.264 e. The summed E-state index contributed by atoms with van der Waals surface area (Å²) in [6, 6.07) is 12.0. The van der Waals surface area contributed by atoms with Crippen molar-refractivity contribution in [2.45, 2.75) is 50.0 Å². The zero-order chi connectivity index (χ0) is 21.3. The van der Waals surface area contributed by atoms with Crippen LogP contribution in [0, 0.1) is 0 Å². The lowest BCUT2D eigenvalue weighted by molar-refractivity contribution is 0.0758. The molecule has 2 aromatic rings. The molecule has 0 spiro atoms. The van der Waals surface area contributed by atoms with E-state index in [1.54, 1.807) is 6.07 Å². The van der Waals surface area contributed by atoms with E-state index in [1.807, 2.05) is 36.1 Å². The van der Waals surface area contributed by atoms with Gasteiger partial charge in [-0.3, -0.25) is 9.10 Å². The molecular formula is C23H28N2O4S. The summed E-state index contributed by atoms with van der Waals surface area (Å²) in [6.07, 6.45) is 4.83. The predicted octanol–water partition coefficient (Wildman–Crippen LogP) is 3.85. The number of rotatable bonds is 4. The highest BCUT2D eigenvalue weighted by atomic mass is 32.2. The number of amides is 1. The van der Waals surface area contributed by atoms with Crippen molar-refractivity contribution in [1.82, 2.24) is 4.90 Å². The Bertz CT molecular complexity index is 1040. The van der Waals surface area contributed by atoms with E-state index in [-0.39, 0.29) is 16.8 Å². The van der Waals surface area contributed by atoms with Gasteiger partial charge in [0.2, 0.25) is 0 Å². The summed E-state index contributed by atoms with van der Waals surface area (Å²) < 4.78 is 34.0. The average Bonchev–Trinajstić information content (AvgIpc) is 2.91. The number of carbonyl (C=O) groups excluding carboxylic acids is 1. The third-order valence-electron chi connectivity index (χ3n) is 6.00. The van der Waals surface area contributed by atoms with Gasteiger partial charge in [-0.15, -0.1) is 0 Å². The van der Waals surface area contributed by atoms with Crippen molar-refractivity contribution in [3.05, 3.63) is 53.6 Å². The number of para-hydroxylation sites is 1. The van der Waals surface area contributed by atoms with Crippen LogP contribution < -0.4 is 9.04 Å². The summed E-state index contributed by atoms with van der Waals surface area (Å²) in [5.41, 5.74) is 2.03. The van der Waals surface area contributed by atoms with Crippen molar-refractivity contribution in [3.63, 3.8) is 0 Å². The number of hydrogen-bond acceptors (Lipinski definition) is 4. The van der Waals surface area contributed by atoms with Crippen molar-refractivity contribution in [2.24, 2.45) is 0 Å². The highest BCUT2D eigenvalue weighted by molar-refractivity contribution is 7.92. The first-order valence-electron chi connectivity index (χ1n) is 10.5. The second-order valence-corrected chi connectivity index (χ2v) is 9.87. The lowest BCUT2D eigenvalue weighted by atomic mass is 10.1. The number of ether oxygens (including phenoxy) is 1. The van der Waals surface area contributed by atoms with Gasteiger partial charge in [-0.25, -0.2) is 8.42 Å². The molecule has 0 N–H and O–H groups in total. The molecule has 2 aromatic carbocycles. The topological polar surface area (TPSA) is 66.9 Å². The summed E-state index contributed by atoms with van der Waals surface area (Å²) >= 11 is 0. The fourth-order valence-corrected chi connectivity index (χ4v) is 6.20. The average molecular weight is 429 g/mol. The van der Waals surface area contributed by atoms with Crippen LogP contribution in [0.15, 0.2) is 47.4 Å². The highest BCUT2D eigenvalue weighted by Crippen LogP contribution is 2.37. The number of carbonyl (C=O) groups is 1. The largest absolute Gasteiger partial charge is 0.496 e. The number of anilines is 1. The van der Waals surface area contributed by atoms with Crippen LogP contribution >= 0.6 is 0 Å². The van der Waals surface area contributed by atoms with E-state index in [9.17, 15) is 13.2 Å². The standard InChI is InChI=1S/C23H28N2O4S/c1-17-15-18-9-5-6-10-21(18)25(17)30(27,28)19-11-12-22(29-2)20(16-19)23(26)24-13-7-3-4-8-14-24/h5-6,9-12,16-17H,3-4,7-8,13-15H2,1-2H3. The first-order valence-corrected chi connectivity index (χ1v) is 12.0. The molecule has 2 aliphatic rings. The number of benzene rings is 2. The maximum absolute atomic E-state index is 13.6. The van der Waals surface area contributed by atoms with Crippen LogP contribution in [0.5, 0.6) is 5.75 Å². The summed E-state index contributed by atoms with van der Waals surface area (Å²) in [7, 11) is -2.31. The molecule has 0 aromatic heterocycles. The zero-order valence-corrected chi connectivity index (χ0v) is 18.3. The van der Waals surface area contributed by atoms with E-state index in [2.05, 4.69) is 0 Å². The molecule has 2 heterocycles. The Morgan fingerprint density at radius 3 is 2.43 bits per heavy atom. The molecule has 1 unspecified atom stereocenters. The van der Waals surface area contributed by atoms with E-state index in [4.69, 9.17) is 4.74 Å². The SMILES string of the molecule is COc1ccc(S(=O)(=O)N2c3ccccc3CC2C)cc1C(=O)N1CCCCCC1. The number of fused-ring (bicyclic) bond motifs is 1. The number of likely N-dealkylation sites (tertiary alicyclic amines) is 1. The molecule has 6 nitrogen and oxygen atoms in total. The van der Waals surface area contributed by atoms with Gasteiger partial charge >= 0.3 is 0 Å². The van der Waals surface area contributed by atoms with Crippen LogP contribution in [0.25, 0.3) is 0 Å². The maximum atomic E-state index is 13.6. The molecule has 1 fully saturated rings. The Balaban J connectivity index is 1.73. The van der Waals surface area contributed by atoms with E-state index in [0.29, 0.717) is 36.5 Å². The van der Waals surface area contributed by atoms with Crippen LogP contribution in [-0.4, -0.2) is 45.5 Å². The van der Waals surface area contributed by atoms with Crippen LogP contribution in [0.4, 0.5) is 5.69 Å². The van der Waals surface area contributed by atoms with Crippen LogP contribution in [0.1, 0.15) is 48.5 Å². The Kier molecular flexibility index (Phi) is 5.73. The molecule has 2 aliphatic heterocycles.